The van der Waals surface area contributed by atoms with Gasteiger partial charge in [-0.1, -0.05) is 41.6 Å². The molecule has 0 aliphatic carbocycles. The summed E-state index contributed by atoms with van der Waals surface area (Å²) in [5, 5.41) is 0.307. The van der Waals surface area contributed by atoms with Crippen LogP contribution in [0.25, 0.3) is 0 Å². The van der Waals surface area contributed by atoms with Crippen LogP contribution in [-0.4, -0.2) is 33.3 Å². The molecule has 0 amide bonds. The predicted molar refractivity (Wildman–Crippen MR) is 99.7 cm³/mol. The molecule has 0 fully saturated rings. The highest BCUT2D eigenvalue weighted by Gasteiger charge is 2.09. The number of nitrogens with zero attached hydrogens (tertiary/aromatic N) is 4. The summed E-state index contributed by atoms with van der Waals surface area (Å²) in [5.74, 6) is 6.36. The van der Waals surface area contributed by atoms with Crippen LogP contribution in [0.2, 0.25) is 5.15 Å². The Kier molecular flexibility index (Phi) is 6.34. The second-order valence-corrected chi connectivity index (χ2v) is 6.23. The van der Waals surface area contributed by atoms with Crippen molar-refractivity contribution in [2.24, 2.45) is 4.99 Å². The molecule has 5 heteroatoms. The van der Waals surface area contributed by atoms with Gasteiger partial charge < -0.3 is 4.90 Å². The first-order valence-electron chi connectivity index (χ1n) is 7.88. The van der Waals surface area contributed by atoms with Crippen molar-refractivity contribution in [2.75, 3.05) is 0 Å². The Morgan fingerprint density at radius 2 is 1.75 bits per heavy atom. The van der Waals surface area contributed by atoms with Crippen LogP contribution in [0.3, 0.4) is 0 Å². The normalized spacial score (nSPS) is 11.0. The summed E-state index contributed by atoms with van der Waals surface area (Å²) in [6.45, 7) is 8.45. The molecule has 4 nitrogen and oxygen atoms in total. The Hall–Kier alpha value is -2.38. The molecule has 0 saturated heterocycles. The van der Waals surface area contributed by atoms with Gasteiger partial charge in [-0.2, -0.15) is 4.98 Å². The van der Waals surface area contributed by atoms with Crippen LogP contribution < -0.4 is 0 Å². The van der Waals surface area contributed by atoms with Crippen molar-refractivity contribution in [1.29, 1.82) is 0 Å². The fourth-order valence-corrected chi connectivity index (χ4v) is 2.31. The van der Waals surface area contributed by atoms with E-state index in [1.807, 2.05) is 30.3 Å². The molecule has 1 aromatic heterocycles. The molecule has 24 heavy (non-hydrogen) atoms. The lowest BCUT2D eigenvalue weighted by Gasteiger charge is -2.27. The molecule has 0 aliphatic rings. The van der Waals surface area contributed by atoms with Crippen molar-refractivity contribution in [3.63, 3.8) is 0 Å². The number of benzene rings is 1. The Balaban J connectivity index is 2.17. The maximum absolute atomic E-state index is 6.19. The smallest absolute Gasteiger partial charge is 0.252 e. The fraction of sp³-hybridized carbons (Fsp3) is 0.316. The van der Waals surface area contributed by atoms with Gasteiger partial charge in [0.15, 0.2) is 0 Å². The van der Waals surface area contributed by atoms with Crippen molar-refractivity contribution in [3.05, 3.63) is 52.8 Å². The van der Waals surface area contributed by atoms with Gasteiger partial charge >= 0.3 is 0 Å². The molecular weight excluding hydrogens is 320 g/mol. The molecule has 0 unspecified atom stereocenters. The van der Waals surface area contributed by atoms with E-state index in [2.05, 4.69) is 59.4 Å². The standard InChI is InChI=1S/C19H21ClN4/c1-14(2)24(15(3)4)13-22-19-21-12-17(18(20)23-19)11-10-16-8-6-5-7-9-16/h5-9,12-15H,1-4H3. The quantitative estimate of drug-likeness (QED) is 0.360. The Bertz CT molecular complexity index is 750. The van der Waals surface area contributed by atoms with E-state index in [4.69, 9.17) is 11.6 Å². The highest BCUT2D eigenvalue weighted by molar-refractivity contribution is 6.30. The van der Waals surface area contributed by atoms with Gasteiger partial charge in [-0.25, -0.2) is 9.98 Å². The molecule has 0 bridgehead atoms. The molecule has 0 radical (unpaired) electrons. The Labute approximate surface area is 148 Å². The zero-order chi connectivity index (χ0) is 17.5. The Morgan fingerprint density at radius 1 is 1.08 bits per heavy atom. The van der Waals surface area contributed by atoms with Gasteiger partial charge in [0.05, 0.1) is 11.9 Å². The summed E-state index contributed by atoms with van der Waals surface area (Å²) < 4.78 is 0. The second-order valence-electron chi connectivity index (χ2n) is 5.87. The number of aliphatic imine (C=N–C) groups is 1. The summed E-state index contributed by atoms with van der Waals surface area (Å²) in [4.78, 5) is 14.9. The van der Waals surface area contributed by atoms with E-state index in [9.17, 15) is 0 Å². The van der Waals surface area contributed by atoms with Gasteiger partial charge in [-0.05, 0) is 39.8 Å². The largest absolute Gasteiger partial charge is 0.358 e. The minimum absolute atomic E-state index is 0.307. The molecule has 1 aromatic carbocycles. The molecule has 1 heterocycles. The number of aromatic nitrogens is 2. The zero-order valence-electron chi connectivity index (χ0n) is 14.4. The third-order valence-electron chi connectivity index (χ3n) is 3.34. The molecule has 2 rings (SSSR count). The van der Waals surface area contributed by atoms with E-state index in [0.29, 0.717) is 28.7 Å². The van der Waals surface area contributed by atoms with Crippen LogP contribution in [0.15, 0.2) is 41.5 Å². The van der Waals surface area contributed by atoms with E-state index in [0.717, 1.165) is 5.56 Å². The molecule has 0 atom stereocenters. The van der Waals surface area contributed by atoms with Gasteiger partial charge in [0.25, 0.3) is 5.95 Å². The van der Waals surface area contributed by atoms with Gasteiger partial charge in [0.2, 0.25) is 0 Å². The van der Waals surface area contributed by atoms with E-state index >= 15 is 0 Å². The number of rotatable bonds is 4. The van der Waals surface area contributed by atoms with E-state index in [-0.39, 0.29) is 0 Å². The summed E-state index contributed by atoms with van der Waals surface area (Å²) >= 11 is 6.19. The van der Waals surface area contributed by atoms with Crippen molar-refractivity contribution in [2.45, 2.75) is 39.8 Å². The van der Waals surface area contributed by atoms with Crippen molar-refractivity contribution < 1.29 is 0 Å². The van der Waals surface area contributed by atoms with Gasteiger partial charge in [-0.3, -0.25) is 0 Å². The third kappa shape index (κ3) is 5.07. The Morgan fingerprint density at radius 3 is 2.33 bits per heavy atom. The molecule has 0 spiro atoms. The van der Waals surface area contributed by atoms with Crippen LogP contribution in [0.1, 0.15) is 38.8 Å². The molecule has 0 saturated carbocycles. The number of hydrogen-bond acceptors (Lipinski definition) is 3. The van der Waals surface area contributed by atoms with Crippen molar-refractivity contribution in [3.8, 4) is 11.8 Å². The topological polar surface area (TPSA) is 41.4 Å². The SMILES string of the molecule is CC(C)N(C=Nc1ncc(C#Cc2ccccc2)c(Cl)n1)C(C)C. The van der Waals surface area contributed by atoms with Gasteiger partial charge in [0, 0.05) is 23.8 Å². The average molecular weight is 341 g/mol. The molecule has 124 valence electrons. The van der Waals surface area contributed by atoms with Gasteiger partial charge in [-0.15, -0.1) is 0 Å². The van der Waals surface area contributed by atoms with Crippen LogP contribution in [0.5, 0.6) is 0 Å². The summed E-state index contributed by atoms with van der Waals surface area (Å²) in [5.41, 5.74) is 1.50. The summed E-state index contributed by atoms with van der Waals surface area (Å²) in [7, 11) is 0. The number of hydrogen-bond donors (Lipinski definition) is 0. The minimum Gasteiger partial charge on any atom is -0.358 e. The van der Waals surface area contributed by atoms with Crippen LogP contribution in [-0.2, 0) is 0 Å². The van der Waals surface area contributed by atoms with E-state index < -0.39 is 0 Å². The highest BCUT2D eigenvalue weighted by Crippen LogP contribution is 2.15. The lowest BCUT2D eigenvalue weighted by atomic mass is 10.2. The maximum atomic E-state index is 6.19. The van der Waals surface area contributed by atoms with Gasteiger partial charge in [0.1, 0.15) is 5.15 Å². The first-order valence-corrected chi connectivity index (χ1v) is 8.26. The van der Waals surface area contributed by atoms with Crippen LogP contribution >= 0.6 is 11.6 Å². The monoisotopic (exact) mass is 340 g/mol. The molecule has 0 aliphatic heterocycles. The maximum Gasteiger partial charge on any atom is 0.252 e. The second kappa shape index (κ2) is 8.47. The third-order valence-corrected chi connectivity index (χ3v) is 3.63. The van der Waals surface area contributed by atoms with Crippen LogP contribution in [0, 0.1) is 11.8 Å². The first kappa shape index (κ1) is 18.0. The predicted octanol–water partition coefficient (Wildman–Crippen LogP) is 4.31. The summed E-state index contributed by atoms with van der Waals surface area (Å²) in [6.07, 6.45) is 3.36. The van der Waals surface area contributed by atoms with E-state index in [1.165, 1.54) is 0 Å². The summed E-state index contributed by atoms with van der Waals surface area (Å²) in [6, 6.07) is 10.4. The minimum atomic E-state index is 0.307. The first-order chi connectivity index (χ1) is 11.5. The fourth-order valence-electron chi connectivity index (χ4n) is 2.14. The highest BCUT2D eigenvalue weighted by atomic mass is 35.5. The molecular formula is C19H21ClN4. The number of halogens is 1. The average Bonchev–Trinajstić information content (AvgIpc) is 2.54. The lowest BCUT2D eigenvalue weighted by molar-refractivity contribution is 0.301. The van der Waals surface area contributed by atoms with E-state index in [1.54, 1.807) is 12.5 Å². The lowest BCUT2D eigenvalue weighted by Crippen LogP contribution is -2.35. The van der Waals surface area contributed by atoms with Crippen LogP contribution in [0.4, 0.5) is 5.95 Å². The van der Waals surface area contributed by atoms with Crippen molar-refractivity contribution >= 4 is 23.9 Å². The van der Waals surface area contributed by atoms with Crippen molar-refractivity contribution in [1.82, 2.24) is 14.9 Å². The zero-order valence-corrected chi connectivity index (χ0v) is 15.1. The molecule has 0 N–H and O–H groups in total. The molecule has 2 aromatic rings.